The van der Waals surface area contributed by atoms with Crippen molar-refractivity contribution in [3.8, 4) is 0 Å². The third-order valence-electron chi connectivity index (χ3n) is 3.69. The summed E-state index contributed by atoms with van der Waals surface area (Å²) in [7, 11) is 2.18. The van der Waals surface area contributed by atoms with Crippen molar-refractivity contribution in [2.24, 2.45) is 5.73 Å². The maximum Gasteiger partial charge on any atom is 0.0511 e. The largest absolute Gasteiger partial charge is 0.369 e. The summed E-state index contributed by atoms with van der Waals surface area (Å²) in [5.41, 5.74) is 6.95. The molecular weight excluding hydrogens is 290 g/mol. The second-order valence-electron chi connectivity index (χ2n) is 4.96. The van der Waals surface area contributed by atoms with Crippen molar-refractivity contribution in [1.29, 1.82) is 0 Å². The zero-order chi connectivity index (χ0) is 13.0. The highest BCUT2D eigenvalue weighted by Crippen LogP contribution is 2.28. The molecule has 1 fully saturated rings. The zero-order valence-corrected chi connectivity index (χ0v) is 12.6. The molecule has 0 amide bonds. The SMILES string of the molecule is CN(CCN)C1CCCN(c2ccccc2Br)C1. The second-order valence-corrected chi connectivity index (χ2v) is 5.82. The Bertz CT molecular complexity index is 383. The first kappa shape index (κ1) is 13.8. The summed E-state index contributed by atoms with van der Waals surface area (Å²) < 4.78 is 1.19. The lowest BCUT2D eigenvalue weighted by atomic mass is 10.0. The minimum absolute atomic E-state index is 0.620. The van der Waals surface area contributed by atoms with Crippen molar-refractivity contribution in [3.05, 3.63) is 28.7 Å². The summed E-state index contributed by atoms with van der Waals surface area (Å²) in [5.74, 6) is 0. The molecule has 3 nitrogen and oxygen atoms in total. The molecule has 0 radical (unpaired) electrons. The number of anilines is 1. The first-order valence-corrected chi connectivity index (χ1v) is 7.41. The van der Waals surface area contributed by atoms with E-state index < -0.39 is 0 Å². The molecule has 0 bridgehead atoms. The summed E-state index contributed by atoms with van der Waals surface area (Å²) in [6.45, 7) is 3.96. The van der Waals surface area contributed by atoms with E-state index in [1.807, 2.05) is 0 Å². The van der Waals surface area contributed by atoms with Gasteiger partial charge in [-0.2, -0.15) is 0 Å². The minimum Gasteiger partial charge on any atom is -0.369 e. The Morgan fingerprint density at radius 3 is 2.94 bits per heavy atom. The van der Waals surface area contributed by atoms with Gasteiger partial charge in [0, 0.05) is 36.7 Å². The molecule has 1 aromatic carbocycles. The average Bonchev–Trinajstić information content (AvgIpc) is 2.40. The highest BCUT2D eigenvalue weighted by molar-refractivity contribution is 9.10. The number of halogens is 1. The van der Waals surface area contributed by atoms with Crippen molar-refractivity contribution >= 4 is 21.6 Å². The molecule has 100 valence electrons. The topological polar surface area (TPSA) is 32.5 Å². The molecule has 4 heteroatoms. The summed E-state index contributed by atoms with van der Waals surface area (Å²) in [4.78, 5) is 4.87. The second kappa shape index (κ2) is 6.55. The molecular formula is C14H22BrN3. The molecule has 0 aliphatic carbocycles. The van der Waals surface area contributed by atoms with Crippen molar-refractivity contribution in [3.63, 3.8) is 0 Å². The lowest BCUT2D eigenvalue weighted by Gasteiger charge is -2.39. The Balaban J connectivity index is 2.05. The van der Waals surface area contributed by atoms with Gasteiger partial charge in [0.1, 0.15) is 0 Å². The molecule has 1 unspecified atom stereocenters. The molecule has 18 heavy (non-hydrogen) atoms. The molecule has 0 saturated carbocycles. The van der Waals surface area contributed by atoms with Crippen LogP contribution in [0.5, 0.6) is 0 Å². The van der Waals surface area contributed by atoms with Gasteiger partial charge < -0.3 is 15.5 Å². The smallest absolute Gasteiger partial charge is 0.0511 e. The zero-order valence-electron chi connectivity index (χ0n) is 11.0. The fourth-order valence-corrected chi connectivity index (χ4v) is 3.16. The van der Waals surface area contributed by atoms with Gasteiger partial charge in [-0.15, -0.1) is 0 Å². The van der Waals surface area contributed by atoms with E-state index in [9.17, 15) is 0 Å². The average molecular weight is 312 g/mol. The van der Waals surface area contributed by atoms with Gasteiger partial charge in [-0.3, -0.25) is 0 Å². The Morgan fingerprint density at radius 2 is 2.22 bits per heavy atom. The number of likely N-dealkylation sites (N-methyl/N-ethyl adjacent to an activating group) is 1. The van der Waals surface area contributed by atoms with Gasteiger partial charge in [-0.1, -0.05) is 12.1 Å². The van der Waals surface area contributed by atoms with E-state index in [4.69, 9.17) is 5.73 Å². The van der Waals surface area contributed by atoms with Gasteiger partial charge in [0.15, 0.2) is 0 Å². The molecule has 1 aromatic rings. The lowest BCUT2D eigenvalue weighted by Crippen LogP contribution is -2.47. The molecule has 1 aliphatic rings. The van der Waals surface area contributed by atoms with E-state index in [-0.39, 0.29) is 0 Å². The van der Waals surface area contributed by atoms with Crippen LogP contribution in [-0.2, 0) is 0 Å². The Morgan fingerprint density at radius 1 is 1.44 bits per heavy atom. The Hall–Kier alpha value is -0.580. The number of hydrogen-bond donors (Lipinski definition) is 1. The quantitative estimate of drug-likeness (QED) is 0.926. The number of nitrogens with zero attached hydrogens (tertiary/aromatic N) is 2. The lowest BCUT2D eigenvalue weighted by molar-refractivity contribution is 0.221. The van der Waals surface area contributed by atoms with Crippen molar-refractivity contribution < 1.29 is 0 Å². The molecule has 1 atom stereocenters. The molecule has 1 heterocycles. The van der Waals surface area contributed by atoms with Gasteiger partial charge in [0.05, 0.1) is 5.69 Å². The summed E-state index contributed by atoms with van der Waals surface area (Å²) >= 11 is 3.64. The van der Waals surface area contributed by atoms with Gasteiger partial charge in [0.25, 0.3) is 0 Å². The van der Waals surface area contributed by atoms with E-state index in [1.54, 1.807) is 0 Å². The van der Waals surface area contributed by atoms with E-state index in [0.29, 0.717) is 6.04 Å². The van der Waals surface area contributed by atoms with Crippen LogP contribution in [0.1, 0.15) is 12.8 Å². The fourth-order valence-electron chi connectivity index (χ4n) is 2.63. The minimum atomic E-state index is 0.620. The van der Waals surface area contributed by atoms with Crippen molar-refractivity contribution in [1.82, 2.24) is 4.90 Å². The predicted molar refractivity (Wildman–Crippen MR) is 81.1 cm³/mol. The summed E-state index contributed by atoms with van der Waals surface area (Å²) in [5, 5.41) is 0. The van der Waals surface area contributed by atoms with E-state index in [0.717, 1.165) is 26.2 Å². The molecule has 1 aliphatic heterocycles. The monoisotopic (exact) mass is 311 g/mol. The predicted octanol–water partition coefficient (Wildman–Crippen LogP) is 2.31. The van der Waals surface area contributed by atoms with Crippen LogP contribution in [0, 0.1) is 0 Å². The highest BCUT2D eigenvalue weighted by Gasteiger charge is 2.23. The first-order valence-electron chi connectivity index (χ1n) is 6.62. The first-order chi connectivity index (χ1) is 8.72. The van der Waals surface area contributed by atoms with Crippen LogP contribution in [0.4, 0.5) is 5.69 Å². The van der Waals surface area contributed by atoms with Crippen LogP contribution in [0.2, 0.25) is 0 Å². The maximum atomic E-state index is 5.64. The Labute approximate surface area is 118 Å². The molecule has 2 N–H and O–H groups in total. The van der Waals surface area contributed by atoms with Crippen LogP contribution in [0.25, 0.3) is 0 Å². The van der Waals surface area contributed by atoms with Crippen LogP contribution in [0.3, 0.4) is 0 Å². The van der Waals surface area contributed by atoms with Crippen molar-refractivity contribution in [2.45, 2.75) is 18.9 Å². The number of benzene rings is 1. The number of piperidine rings is 1. The standard InChI is InChI=1S/C14H22BrN3/c1-17(10-8-16)12-5-4-9-18(11-12)14-7-3-2-6-13(14)15/h2-3,6-7,12H,4-5,8-11,16H2,1H3. The number of nitrogens with two attached hydrogens (primary N) is 1. The molecule has 0 spiro atoms. The van der Waals surface area contributed by atoms with Crippen molar-refractivity contribution in [2.75, 3.05) is 38.1 Å². The molecule has 0 aromatic heterocycles. The third kappa shape index (κ3) is 3.25. The van der Waals surface area contributed by atoms with Crippen LogP contribution < -0.4 is 10.6 Å². The van der Waals surface area contributed by atoms with Gasteiger partial charge in [-0.25, -0.2) is 0 Å². The normalized spacial score (nSPS) is 20.4. The molecule has 1 saturated heterocycles. The van der Waals surface area contributed by atoms with E-state index >= 15 is 0 Å². The number of hydrogen-bond acceptors (Lipinski definition) is 3. The summed E-state index contributed by atoms with van der Waals surface area (Å²) in [6.07, 6.45) is 2.53. The summed E-state index contributed by atoms with van der Waals surface area (Å²) in [6, 6.07) is 9.09. The molecule has 2 rings (SSSR count). The number of para-hydroxylation sites is 1. The third-order valence-corrected chi connectivity index (χ3v) is 4.37. The highest BCUT2D eigenvalue weighted by atomic mass is 79.9. The van der Waals surface area contributed by atoms with Crippen LogP contribution in [0.15, 0.2) is 28.7 Å². The van der Waals surface area contributed by atoms with Gasteiger partial charge in [-0.05, 0) is 48.0 Å². The van der Waals surface area contributed by atoms with Crippen LogP contribution >= 0.6 is 15.9 Å². The van der Waals surface area contributed by atoms with E-state index in [1.165, 1.54) is 23.0 Å². The van der Waals surface area contributed by atoms with E-state index in [2.05, 4.69) is 57.0 Å². The number of rotatable bonds is 4. The maximum absolute atomic E-state index is 5.64. The fraction of sp³-hybridized carbons (Fsp3) is 0.571. The Kier molecular flexibility index (Phi) is 5.03. The van der Waals surface area contributed by atoms with Gasteiger partial charge in [0.2, 0.25) is 0 Å². The van der Waals surface area contributed by atoms with Gasteiger partial charge >= 0.3 is 0 Å². The van der Waals surface area contributed by atoms with Crippen LogP contribution in [-0.4, -0.2) is 44.2 Å².